The molecular weight excluding hydrogens is 285 g/mol. The number of aliphatic hydroxyl groups is 1. The van der Waals surface area contributed by atoms with Gasteiger partial charge in [-0.25, -0.2) is 13.1 Å². The minimum Gasteiger partial charge on any atom is -0.395 e. The molecule has 1 atom stereocenters. The molecule has 1 rings (SSSR count). The molecule has 0 fully saturated rings. The highest BCUT2D eigenvalue weighted by Crippen LogP contribution is 2.24. The van der Waals surface area contributed by atoms with E-state index in [0.717, 1.165) is 0 Å². The van der Waals surface area contributed by atoms with Crippen molar-refractivity contribution in [3.8, 4) is 0 Å². The summed E-state index contributed by atoms with van der Waals surface area (Å²) in [5.41, 5.74) is 0. The van der Waals surface area contributed by atoms with Crippen molar-refractivity contribution >= 4 is 33.2 Å². The van der Waals surface area contributed by atoms with E-state index in [9.17, 15) is 8.42 Å². The van der Waals surface area contributed by atoms with Gasteiger partial charge in [0.15, 0.2) is 0 Å². The Balaban J connectivity index is 3.01. The van der Waals surface area contributed by atoms with Crippen LogP contribution in [0, 0.1) is 0 Å². The summed E-state index contributed by atoms with van der Waals surface area (Å²) in [5, 5.41) is 9.43. The molecule has 96 valence electrons. The van der Waals surface area contributed by atoms with Gasteiger partial charge in [0.1, 0.15) is 0 Å². The van der Waals surface area contributed by atoms with Crippen molar-refractivity contribution in [1.82, 2.24) is 4.72 Å². The SMILES string of the molecule is CC[C@@H](CO)NS(=O)(=O)c1ccc(Cl)c(Cl)c1. The van der Waals surface area contributed by atoms with Crippen molar-refractivity contribution in [2.75, 3.05) is 6.61 Å². The number of nitrogens with one attached hydrogen (secondary N) is 1. The minimum atomic E-state index is -3.68. The quantitative estimate of drug-likeness (QED) is 0.874. The van der Waals surface area contributed by atoms with Crippen molar-refractivity contribution in [2.24, 2.45) is 0 Å². The molecule has 0 saturated carbocycles. The van der Waals surface area contributed by atoms with Crippen molar-refractivity contribution in [2.45, 2.75) is 24.3 Å². The first-order chi connectivity index (χ1) is 7.90. The fourth-order valence-corrected chi connectivity index (χ4v) is 2.88. The molecule has 0 aliphatic rings. The third-order valence-electron chi connectivity index (χ3n) is 2.24. The molecule has 0 unspecified atom stereocenters. The second-order valence-electron chi connectivity index (χ2n) is 3.48. The van der Waals surface area contributed by atoms with Crippen LogP contribution < -0.4 is 4.72 Å². The van der Waals surface area contributed by atoms with Crippen LogP contribution in [-0.2, 0) is 10.0 Å². The zero-order valence-electron chi connectivity index (χ0n) is 9.15. The summed E-state index contributed by atoms with van der Waals surface area (Å²) in [6.07, 6.45) is 0.497. The van der Waals surface area contributed by atoms with Gasteiger partial charge in [-0.15, -0.1) is 0 Å². The van der Waals surface area contributed by atoms with Gasteiger partial charge in [-0.1, -0.05) is 30.1 Å². The fraction of sp³-hybridized carbons (Fsp3) is 0.400. The summed E-state index contributed by atoms with van der Waals surface area (Å²) in [4.78, 5) is 0.0267. The Labute approximate surface area is 111 Å². The van der Waals surface area contributed by atoms with Gasteiger partial charge in [-0.3, -0.25) is 0 Å². The van der Waals surface area contributed by atoms with Gasteiger partial charge in [0, 0.05) is 6.04 Å². The lowest BCUT2D eigenvalue weighted by Gasteiger charge is -2.14. The Hall–Kier alpha value is -0.330. The van der Waals surface area contributed by atoms with E-state index in [1.807, 2.05) is 0 Å². The first-order valence-electron chi connectivity index (χ1n) is 4.99. The maximum Gasteiger partial charge on any atom is 0.240 e. The number of hydrogen-bond acceptors (Lipinski definition) is 3. The average Bonchev–Trinajstić information content (AvgIpc) is 2.29. The Kier molecular flexibility index (Phi) is 5.22. The van der Waals surface area contributed by atoms with Crippen LogP contribution >= 0.6 is 23.2 Å². The smallest absolute Gasteiger partial charge is 0.240 e. The van der Waals surface area contributed by atoms with Crippen LogP contribution in [0.4, 0.5) is 0 Å². The van der Waals surface area contributed by atoms with Crippen LogP contribution in [0.2, 0.25) is 10.0 Å². The topological polar surface area (TPSA) is 66.4 Å². The van der Waals surface area contributed by atoms with Crippen LogP contribution in [0.25, 0.3) is 0 Å². The largest absolute Gasteiger partial charge is 0.395 e. The molecule has 0 bridgehead atoms. The monoisotopic (exact) mass is 297 g/mol. The van der Waals surface area contributed by atoms with E-state index in [4.69, 9.17) is 28.3 Å². The Morgan fingerprint density at radius 2 is 2.00 bits per heavy atom. The lowest BCUT2D eigenvalue weighted by molar-refractivity contribution is 0.254. The van der Waals surface area contributed by atoms with E-state index in [2.05, 4.69) is 4.72 Å². The maximum absolute atomic E-state index is 11.9. The number of hydrogen-bond donors (Lipinski definition) is 2. The molecule has 2 N–H and O–H groups in total. The van der Waals surface area contributed by atoms with E-state index in [-0.39, 0.29) is 16.5 Å². The molecule has 0 aliphatic carbocycles. The number of benzene rings is 1. The first-order valence-corrected chi connectivity index (χ1v) is 7.23. The second-order valence-corrected chi connectivity index (χ2v) is 6.01. The third kappa shape index (κ3) is 3.82. The van der Waals surface area contributed by atoms with Crippen LogP contribution in [0.3, 0.4) is 0 Å². The molecule has 0 heterocycles. The van der Waals surface area contributed by atoms with Gasteiger partial charge in [-0.05, 0) is 24.6 Å². The van der Waals surface area contributed by atoms with Gasteiger partial charge in [0.2, 0.25) is 10.0 Å². The summed E-state index contributed by atoms with van der Waals surface area (Å²) < 4.78 is 26.2. The maximum atomic E-state index is 11.9. The third-order valence-corrected chi connectivity index (χ3v) is 4.49. The zero-order chi connectivity index (χ0) is 13.1. The van der Waals surface area contributed by atoms with Crippen LogP contribution in [-0.4, -0.2) is 26.2 Å². The van der Waals surface area contributed by atoms with Crippen LogP contribution in [0.5, 0.6) is 0 Å². The van der Waals surface area contributed by atoms with Crippen LogP contribution in [0.1, 0.15) is 13.3 Å². The van der Waals surface area contributed by atoms with Gasteiger partial charge in [-0.2, -0.15) is 0 Å². The Morgan fingerprint density at radius 3 is 2.47 bits per heavy atom. The minimum absolute atomic E-state index is 0.0267. The van der Waals surface area contributed by atoms with Gasteiger partial charge >= 0.3 is 0 Å². The molecule has 0 aliphatic heterocycles. The van der Waals surface area contributed by atoms with Gasteiger partial charge in [0.25, 0.3) is 0 Å². The fourth-order valence-electron chi connectivity index (χ4n) is 1.18. The van der Waals surface area contributed by atoms with E-state index >= 15 is 0 Å². The van der Waals surface area contributed by atoms with Crippen LogP contribution in [0.15, 0.2) is 23.1 Å². The molecule has 0 amide bonds. The number of rotatable bonds is 5. The Bertz CT molecular complexity index is 486. The normalized spacial score (nSPS) is 13.6. The van der Waals surface area contributed by atoms with Gasteiger partial charge in [0.05, 0.1) is 21.5 Å². The zero-order valence-corrected chi connectivity index (χ0v) is 11.5. The molecule has 0 aromatic heterocycles. The number of aliphatic hydroxyl groups excluding tert-OH is 1. The van der Waals surface area contributed by atoms with E-state index in [0.29, 0.717) is 11.4 Å². The molecule has 7 heteroatoms. The average molecular weight is 298 g/mol. The first kappa shape index (κ1) is 14.7. The highest BCUT2D eigenvalue weighted by Gasteiger charge is 2.19. The lowest BCUT2D eigenvalue weighted by Crippen LogP contribution is -2.36. The molecule has 0 saturated heterocycles. The number of halogens is 2. The summed E-state index contributed by atoms with van der Waals surface area (Å²) in [6.45, 7) is 1.52. The molecule has 4 nitrogen and oxygen atoms in total. The highest BCUT2D eigenvalue weighted by molar-refractivity contribution is 7.89. The van der Waals surface area contributed by atoms with E-state index in [1.54, 1.807) is 6.92 Å². The van der Waals surface area contributed by atoms with Crippen molar-refractivity contribution < 1.29 is 13.5 Å². The molecule has 1 aromatic rings. The predicted molar refractivity (Wildman–Crippen MR) is 67.9 cm³/mol. The molecule has 17 heavy (non-hydrogen) atoms. The van der Waals surface area contributed by atoms with E-state index < -0.39 is 16.1 Å². The lowest BCUT2D eigenvalue weighted by atomic mass is 10.3. The molecule has 0 radical (unpaired) electrons. The second kappa shape index (κ2) is 6.02. The highest BCUT2D eigenvalue weighted by atomic mass is 35.5. The van der Waals surface area contributed by atoms with Crippen molar-refractivity contribution in [3.63, 3.8) is 0 Å². The molecule has 0 spiro atoms. The predicted octanol–water partition coefficient (Wildman–Crippen LogP) is 2.04. The van der Waals surface area contributed by atoms with Crippen molar-refractivity contribution in [1.29, 1.82) is 0 Å². The summed E-state index contributed by atoms with van der Waals surface area (Å²) >= 11 is 11.5. The van der Waals surface area contributed by atoms with E-state index in [1.165, 1.54) is 18.2 Å². The van der Waals surface area contributed by atoms with Gasteiger partial charge < -0.3 is 5.11 Å². The van der Waals surface area contributed by atoms with Crippen molar-refractivity contribution in [3.05, 3.63) is 28.2 Å². The molecular formula is C10H13Cl2NO3S. The summed E-state index contributed by atoms with van der Waals surface area (Å²) in [7, 11) is -3.68. The summed E-state index contributed by atoms with van der Waals surface area (Å²) in [6, 6.07) is 3.55. The molecule has 1 aromatic carbocycles. The number of sulfonamides is 1. The standard InChI is InChI=1S/C10H13Cl2NO3S/c1-2-7(6-14)13-17(15,16)8-3-4-9(11)10(12)5-8/h3-5,7,13-14H,2,6H2,1H3/t7-/m0/s1. The Morgan fingerprint density at radius 1 is 1.35 bits per heavy atom. The summed E-state index contributed by atoms with van der Waals surface area (Å²) in [5.74, 6) is 0.